The second-order valence-electron chi connectivity index (χ2n) is 10.5. The summed E-state index contributed by atoms with van der Waals surface area (Å²) >= 11 is 0. The number of unbranched alkanes of at least 4 members (excludes halogenated alkanes) is 2. The number of aryl methyl sites for hydroxylation is 2. The van der Waals surface area contributed by atoms with E-state index in [0.717, 1.165) is 42.9 Å². The van der Waals surface area contributed by atoms with Crippen LogP contribution in [0.5, 0.6) is 11.5 Å². The Morgan fingerprint density at radius 2 is 1.30 bits per heavy atom. The zero-order valence-electron chi connectivity index (χ0n) is 22.3. The lowest BCUT2D eigenvalue weighted by molar-refractivity contribution is 0.0216. The minimum atomic E-state index is -0.507. The van der Waals surface area contributed by atoms with Gasteiger partial charge in [-0.2, -0.15) is 0 Å². The quantitative estimate of drug-likeness (QED) is 0.333. The van der Waals surface area contributed by atoms with Gasteiger partial charge >= 0.3 is 0 Å². The van der Waals surface area contributed by atoms with E-state index in [4.69, 9.17) is 9.47 Å². The lowest BCUT2D eigenvalue weighted by Gasteiger charge is -2.34. The Morgan fingerprint density at radius 1 is 0.788 bits per heavy atom. The van der Waals surface area contributed by atoms with Gasteiger partial charge in [0.1, 0.15) is 18.1 Å². The van der Waals surface area contributed by atoms with Crippen molar-refractivity contribution in [3.05, 3.63) is 58.7 Å². The highest BCUT2D eigenvalue weighted by Gasteiger charge is 2.31. The molecule has 0 aliphatic heterocycles. The second-order valence-corrected chi connectivity index (χ2v) is 10.5. The van der Waals surface area contributed by atoms with Crippen LogP contribution in [0.25, 0.3) is 0 Å². The van der Waals surface area contributed by atoms with E-state index in [9.17, 15) is 5.11 Å². The van der Waals surface area contributed by atoms with Gasteiger partial charge in [0.2, 0.25) is 0 Å². The maximum absolute atomic E-state index is 10.3. The fourth-order valence-electron chi connectivity index (χ4n) is 4.40. The molecule has 0 bridgehead atoms. The predicted octanol–water partition coefficient (Wildman–Crippen LogP) is 7.76. The van der Waals surface area contributed by atoms with Crippen molar-refractivity contribution < 1.29 is 14.6 Å². The lowest BCUT2D eigenvalue weighted by Crippen LogP contribution is -2.32. The van der Waals surface area contributed by atoms with Crippen molar-refractivity contribution in [3.63, 3.8) is 0 Å². The average molecular weight is 455 g/mol. The van der Waals surface area contributed by atoms with Crippen LogP contribution in [0.3, 0.4) is 0 Å². The molecule has 0 heterocycles. The molecule has 1 N–H and O–H groups in total. The van der Waals surface area contributed by atoms with E-state index in [-0.39, 0.29) is 10.8 Å². The van der Waals surface area contributed by atoms with Crippen LogP contribution < -0.4 is 9.47 Å². The standard InChI is InChI=1S/C30H46O3/c1-9-12-13-18-32-26-16-14-24(19-22(26)4)30(10-2,11-3)25-15-17-27(23(5)20-25)33-21-28(31)29(6,7)8/h14-17,19-20,28,31H,9-13,18,21H2,1-8H3. The summed E-state index contributed by atoms with van der Waals surface area (Å²) in [5, 5.41) is 10.3. The predicted molar refractivity (Wildman–Crippen MR) is 140 cm³/mol. The van der Waals surface area contributed by atoms with Gasteiger partial charge in [0.15, 0.2) is 0 Å². The molecule has 0 aliphatic carbocycles. The van der Waals surface area contributed by atoms with Crippen molar-refractivity contribution in [2.24, 2.45) is 5.41 Å². The van der Waals surface area contributed by atoms with Crippen molar-refractivity contribution in [1.29, 1.82) is 0 Å². The molecule has 0 fully saturated rings. The van der Waals surface area contributed by atoms with Gasteiger partial charge in [-0.05, 0) is 72.9 Å². The minimum Gasteiger partial charge on any atom is -0.493 e. The molecule has 0 radical (unpaired) electrons. The Hall–Kier alpha value is -2.00. The number of ether oxygens (including phenoxy) is 2. The molecule has 2 aromatic carbocycles. The first-order valence-electron chi connectivity index (χ1n) is 12.7. The molecule has 0 amide bonds. The van der Waals surface area contributed by atoms with Crippen LogP contribution in [-0.2, 0) is 5.41 Å². The SMILES string of the molecule is CCCCCOc1ccc(C(CC)(CC)c2ccc(OCC(O)C(C)(C)C)c(C)c2)cc1C. The van der Waals surface area contributed by atoms with Crippen LogP contribution >= 0.6 is 0 Å². The number of aliphatic hydroxyl groups is 1. The van der Waals surface area contributed by atoms with Crippen LogP contribution in [0.2, 0.25) is 0 Å². The van der Waals surface area contributed by atoms with E-state index in [1.807, 2.05) is 20.8 Å². The third-order valence-electron chi connectivity index (χ3n) is 7.06. The zero-order chi connectivity index (χ0) is 24.6. The van der Waals surface area contributed by atoms with Gasteiger partial charge in [-0.25, -0.2) is 0 Å². The summed E-state index contributed by atoms with van der Waals surface area (Å²) in [7, 11) is 0. The lowest BCUT2D eigenvalue weighted by atomic mass is 9.70. The maximum Gasteiger partial charge on any atom is 0.122 e. The zero-order valence-corrected chi connectivity index (χ0v) is 22.3. The molecular formula is C30H46O3. The van der Waals surface area contributed by atoms with E-state index < -0.39 is 6.10 Å². The first-order valence-corrected chi connectivity index (χ1v) is 12.7. The van der Waals surface area contributed by atoms with Crippen LogP contribution in [0.15, 0.2) is 36.4 Å². The van der Waals surface area contributed by atoms with Crippen LogP contribution in [-0.4, -0.2) is 24.4 Å². The molecule has 1 unspecified atom stereocenters. The summed E-state index contributed by atoms with van der Waals surface area (Å²) in [4.78, 5) is 0. The first kappa shape index (κ1) is 27.2. The average Bonchev–Trinajstić information content (AvgIpc) is 2.77. The van der Waals surface area contributed by atoms with E-state index >= 15 is 0 Å². The molecule has 0 aromatic heterocycles. The molecule has 2 aromatic rings. The van der Waals surface area contributed by atoms with E-state index in [1.54, 1.807) is 0 Å². The van der Waals surface area contributed by atoms with Crippen LogP contribution in [0.1, 0.15) is 95.9 Å². The van der Waals surface area contributed by atoms with Crippen molar-refractivity contribution >= 4 is 0 Å². The third-order valence-corrected chi connectivity index (χ3v) is 7.06. The fourth-order valence-corrected chi connectivity index (χ4v) is 4.40. The summed E-state index contributed by atoms with van der Waals surface area (Å²) in [6, 6.07) is 13.2. The molecule has 3 heteroatoms. The van der Waals surface area contributed by atoms with Crippen molar-refractivity contribution in [1.82, 2.24) is 0 Å². The number of aliphatic hydroxyl groups excluding tert-OH is 1. The number of hydrogen-bond acceptors (Lipinski definition) is 3. The van der Waals surface area contributed by atoms with Gasteiger partial charge in [-0.3, -0.25) is 0 Å². The van der Waals surface area contributed by atoms with E-state index in [2.05, 4.69) is 71.0 Å². The van der Waals surface area contributed by atoms with Crippen LogP contribution in [0, 0.1) is 19.3 Å². The number of benzene rings is 2. The molecule has 0 saturated heterocycles. The van der Waals surface area contributed by atoms with Gasteiger partial charge in [-0.15, -0.1) is 0 Å². The van der Waals surface area contributed by atoms with E-state index in [1.165, 1.54) is 29.5 Å². The second kappa shape index (κ2) is 11.9. The van der Waals surface area contributed by atoms with Gasteiger partial charge in [0, 0.05) is 5.41 Å². The van der Waals surface area contributed by atoms with Gasteiger partial charge in [0.05, 0.1) is 12.7 Å². The Bertz CT molecular complexity index is 875. The monoisotopic (exact) mass is 454 g/mol. The normalized spacial score (nSPS) is 13.1. The number of rotatable bonds is 12. The Labute approximate surface area is 202 Å². The summed E-state index contributed by atoms with van der Waals surface area (Å²) in [6.07, 6.45) is 5.04. The smallest absolute Gasteiger partial charge is 0.122 e. The Kier molecular flexibility index (Phi) is 9.84. The summed E-state index contributed by atoms with van der Waals surface area (Å²) in [5.74, 6) is 1.84. The van der Waals surface area contributed by atoms with Crippen molar-refractivity contribution in [2.75, 3.05) is 13.2 Å². The van der Waals surface area contributed by atoms with Gasteiger partial charge < -0.3 is 14.6 Å². The van der Waals surface area contributed by atoms with Gasteiger partial charge in [0.25, 0.3) is 0 Å². The number of hydrogen-bond donors (Lipinski definition) is 1. The van der Waals surface area contributed by atoms with Crippen molar-refractivity contribution in [2.45, 2.75) is 99.0 Å². The molecule has 0 saturated carbocycles. The summed E-state index contributed by atoms with van der Waals surface area (Å²) in [5.41, 5.74) is 4.69. The molecular weight excluding hydrogens is 408 g/mol. The molecule has 0 spiro atoms. The molecule has 184 valence electrons. The van der Waals surface area contributed by atoms with E-state index in [0.29, 0.717) is 6.61 Å². The maximum atomic E-state index is 10.3. The van der Waals surface area contributed by atoms with Crippen LogP contribution in [0.4, 0.5) is 0 Å². The summed E-state index contributed by atoms with van der Waals surface area (Å²) < 4.78 is 12.0. The highest BCUT2D eigenvalue weighted by molar-refractivity contribution is 5.48. The molecule has 2 rings (SSSR count). The van der Waals surface area contributed by atoms with Crippen molar-refractivity contribution in [3.8, 4) is 11.5 Å². The molecule has 0 aliphatic rings. The Balaban J connectivity index is 2.27. The molecule has 33 heavy (non-hydrogen) atoms. The Morgan fingerprint density at radius 3 is 1.73 bits per heavy atom. The first-order chi connectivity index (χ1) is 15.6. The molecule has 1 atom stereocenters. The third kappa shape index (κ3) is 6.76. The highest BCUT2D eigenvalue weighted by Crippen LogP contribution is 2.41. The summed E-state index contributed by atoms with van der Waals surface area (Å²) in [6.45, 7) is 18.2. The topological polar surface area (TPSA) is 38.7 Å². The fraction of sp³-hybridized carbons (Fsp3) is 0.600. The minimum absolute atomic E-state index is 0.0558. The highest BCUT2D eigenvalue weighted by atomic mass is 16.5. The largest absolute Gasteiger partial charge is 0.493 e. The molecule has 3 nitrogen and oxygen atoms in total. The van der Waals surface area contributed by atoms with Gasteiger partial charge in [-0.1, -0.05) is 78.6 Å².